The van der Waals surface area contributed by atoms with Gasteiger partial charge in [0.2, 0.25) is 5.95 Å². The normalized spacial score (nSPS) is 16.5. The molecule has 1 amide bonds. The number of nitrogens with one attached hydrogen (secondary N) is 2. The van der Waals surface area contributed by atoms with Crippen molar-refractivity contribution in [1.82, 2.24) is 9.55 Å². The summed E-state index contributed by atoms with van der Waals surface area (Å²) < 4.78 is 68.3. The minimum absolute atomic E-state index is 0.0260. The number of ether oxygens (including phenoxy) is 3. The maximum Gasteiger partial charge on any atom is 0.408 e. The van der Waals surface area contributed by atoms with Gasteiger partial charge in [-0.3, -0.25) is 4.79 Å². The van der Waals surface area contributed by atoms with Crippen molar-refractivity contribution >= 4 is 43.5 Å². The van der Waals surface area contributed by atoms with Gasteiger partial charge in [0.15, 0.2) is 6.61 Å². The number of halogens is 4. The van der Waals surface area contributed by atoms with Crippen molar-refractivity contribution in [3.8, 4) is 17.2 Å². The van der Waals surface area contributed by atoms with Crippen LogP contribution < -0.4 is 24.8 Å². The molecule has 2 N–H and O–H groups in total. The minimum atomic E-state index is -3.37. The Morgan fingerprint density at radius 2 is 1.82 bits per heavy atom. The van der Waals surface area contributed by atoms with Crippen LogP contribution in [0.1, 0.15) is 45.6 Å². The van der Waals surface area contributed by atoms with Crippen LogP contribution in [0.15, 0.2) is 66.7 Å². The number of aromatic nitrogens is 2. The molecule has 0 spiro atoms. The van der Waals surface area contributed by atoms with Crippen LogP contribution in [0.4, 0.5) is 34.9 Å². The van der Waals surface area contributed by atoms with Crippen LogP contribution in [-0.4, -0.2) is 34.5 Å². The van der Waals surface area contributed by atoms with Gasteiger partial charge in [-0.2, -0.15) is 17.6 Å². The molecule has 1 heterocycles. The third-order valence-electron chi connectivity index (χ3n) is 7.28. The summed E-state index contributed by atoms with van der Waals surface area (Å²) in [5, 5.41) is 5.93. The predicted molar refractivity (Wildman–Crippen MR) is 163 cm³/mol. The Kier molecular flexibility index (Phi) is 9.20. The molecule has 13 heteroatoms. The molecule has 3 aromatic carbocycles. The summed E-state index contributed by atoms with van der Waals surface area (Å²) in [4.78, 5) is 17.3. The molecule has 0 radical (unpaired) electrons. The zero-order valence-corrected chi connectivity index (χ0v) is 25.3. The lowest BCUT2D eigenvalue weighted by atomic mass is 9.75. The summed E-state index contributed by atoms with van der Waals surface area (Å²) in [6.45, 7) is 1.22. The molecular weight excluding hydrogens is 599 g/mol. The highest BCUT2D eigenvalue weighted by atomic mass is 31.0. The first kappa shape index (κ1) is 31.4. The van der Waals surface area contributed by atoms with Crippen LogP contribution in [0, 0.1) is 5.41 Å². The standard InChI is InChI=1S/C31H33F4N4O4P/c1-30(2)14-4-6-21(17-30)39-26-13-12-23(41-18-27(40)36-20-5-3-7-24(15-20)42-28(32)33)16-25(26)38-29(39)37-19-8-10-22(11-9-19)43-31(34,35)44/h3,5,7-13,15-16,21,28H,4,6,14,17-18,44H2,1-2H3,(H,36,40)(H,37,38)/t21-/m1/s1. The van der Waals surface area contributed by atoms with E-state index >= 15 is 0 Å². The average molecular weight is 633 g/mol. The lowest BCUT2D eigenvalue weighted by Gasteiger charge is -2.36. The van der Waals surface area contributed by atoms with Crippen LogP contribution in [0.5, 0.6) is 17.2 Å². The van der Waals surface area contributed by atoms with E-state index in [9.17, 15) is 22.4 Å². The van der Waals surface area contributed by atoms with E-state index in [1.807, 2.05) is 6.07 Å². The molecule has 4 aromatic rings. The Morgan fingerprint density at radius 3 is 2.52 bits per heavy atom. The van der Waals surface area contributed by atoms with Crippen LogP contribution in [0.25, 0.3) is 11.0 Å². The Morgan fingerprint density at radius 1 is 1.07 bits per heavy atom. The summed E-state index contributed by atoms with van der Waals surface area (Å²) in [7, 11) is 1.35. The molecule has 5 rings (SSSR count). The zero-order chi connectivity index (χ0) is 31.5. The first-order chi connectivity index (χ1) is 20.8. The smallest absolute Gasteiger partial charge is 0.408 e. The third kappa shape index (κ3) is 8.31. The molecule has 1 saturated carbocycles. The highest BCUT2D eigenvalue weighted by Crippen LogP contribution is 2.44. The first-order valence-electron chi connectivity index (χ1n) is 14.1. The van der Waals surface area contributed by atoms with Gasteiger partial charge in [0.25, 0.3) is 5.91 Å². The number of benzene rings is 3. The molecule has 1 unspecified atom stereocenters. The van der Waals surface area contributed by atoms with Crippen LogP contribution in [0.2, 0.25) is 0 Å². The predicted octanol–water partition coefficient (Wildman–Crippen LogP) is 8.34. The molecule has 2 atom stereocenters. The van der Waals surface area contributed by atoms with E-state index in [1.54, 1.807) is 30.3 Å². The fourth-order valence-electron chi connectivity index (χ4n) is 5.49. The van der Waals surface area contributed by atoms with Gasteiger partial charge >= 0.3 is 12.5 Å². The number of carbonyl (C=O) groups excluding carboxylic acids is 1. The second kappa shape index (κ2) is 12.9. The summed E-state index contributed by atoms with van der Waals surface area (Å²) >= 11 is 0. The first-order valence-corrected chi connectivity index (χ1v) is 14.6. The van der Waals surface area contributed by atoms with Crippen molar-refractivity contribution in [3.05, 3.63) is 66.7 Å². The van der Waals surface area contributed by atoms with E-state index in [2.05, 4.69) is 38.5 Å². The van der Waals surface area contributed by atoms with Gasteiger partial charge in [0.05, 0.1) is 11.0 Å². The second-order valence-electron chi connectivity index (χ2n) is 11.4. The van der Waals surface area contributed by atoms with E-state index in [4.69, 9.17) is 9.72 Å². The highest BCUT2D eigenvalue weighted by Gasteiger charge is 2.31. The van der Waals surface area contributed by atoms with Gasteiger partial charge in [-0.05, 0) is 82.4 Å². The summed E-state index contributed by atoms with van der Waals surface area (Å²) in [5.41, 5.74) is 2.62. The fraction of sp³-hybridized carbons (Fsp3) is 0.355. The molecule has 0 saturated heterocycles. The molecule has 44 heavy (non-hydrogen) atoms. The number of alkyl halides is 4. The third-order valence-corrected chi connectivity index (χ3v) is 7.40. The van der Waals surface area contributed by atoms with E-state index in [-0.39, 0.29) is 29.6 Å². The largest absolute Gasteiger partial charge is 0.484 e. The number of rotatable bonds is 11. The Hall–Kier alpha value is -4.05. The van der Waals surface area contributed by atoms with Gasteiger partial charge in [-0.15, -0.1) is 0 Å². The summed E-state index contributed by atoms with van der Waals surface area (Å²) in [5.74, 6) is -2.89. The van der Waals surface area contributed by atoms with Gasteiger partial charge in [0.1, 0.15) is 17.2 Å². The van der Waals surface area contributed by atoms with Crippen molar-refractivity contribution in [1.29, 1.82) is 0 Å². The Balaban J connectivity index is 1.34. The van der Waals surface area contributed by atoms with Crippen LogP contribution in [0.3, 0.4) is 0 Å². The quantitative estimate of drug-likeness (QED) is 0.128. The molecule has 8 nitrogen and oxygen atoms in total. The lowest BCUT2D eigenvalue weighted by Crippen LogP contribution is -2.25. The van der Waals surface area contributed by atoms with Gasteiger partial charge in [0, 0.05) is 29.5 Å². The van der Waals surface area contributed by atoms with E-state index in [0.29, 0.717) is 28.6 Å². The van der Waals surface area contributed by atoms with Crippen molar-refractivity contribution in [2.75, 3.05) is 17.2 Å². The maximum absolute atomic E-state index is 13.2. The second-order valence-corrected chi connectivity index (χ2v) is 12.1. The Labute approximate surface area is 254 Å². The number of imidazole rings is 1. The fourth-order valence-corrected chi connectivity index (χ4v) is 5.63. The zero-order valence-electron chi connectivity index (χ0n) is 24.2. The Bertz CT molecular complexity index is 1610. The lowest BCUT2D eigenvalue weighted by molar-refractivity contribution is -0.118. The maximum atomic E-state index is 13.2. The molecule has 1 fully saturated rings. The minimum Gasteiger partial charge on any atom is -0.484 e. The van der Waals surface area contributed by atoms with Gasteiger partial charge < -0.3 is 29.4 Å². The van der Waals surface area contributed by atoms with E-state index in [1.165, 1.54) is 39.6 Å². The number of amides is 1. The summed E-state index contributed by atoms with van der Waals surface area (Å²) in [6, 6.07) is 17.5. The van der Waals surface area contributed by atoms with Crippen LogP contribution in [-0.2, 0) is 4.79 Å². The molecule has 1 aliphatic rings. The topological polar surface area (TPSA) is 86.6 Å². The number of fused-ring (bicyclic) bond motifs is 1. The van der Waals surface area contributed by atoms with E-state index in [0.717, 1.165) is 31.2 Å². The number of anilines is 3. The molecule has 1 aromatic heterocycles. The number of nitrogens with zero attached hydrogens (tertiary/aromatic N) is 2. The average Bonchev–Trinajstić information content (AvgIpc) is 3.28. The highest BCUT2D eigenvalue weighted by molar-refractivity contribution is 7.17. The van der Waals surface area contributed by atoms with Gasteiger partial charge in [-0.1, -0.05) is 26.3 Å². The van der Waals surface area contributed by atoms with Crippen molar-refractivity contribution in [2.45, 2.75) is 58.0 Å². The van der Waals surface area contributed by atoms with Gasteiger partial charge in [-0.25, -0.2) is 4.98 Å². The monoisotopic (exact) mass is 632 g/mol. The SMILES string of the molecule is CC1(C)CCC[C@@H](n2c(Nc3ccc(OC(F)(F)P)cc3)nc3cc(OCC(=O)Nc4cccc(OC(F)F)c4)ccc32)C1. The van der Waals surface area contributed by atoms with Crippen molar-refractivity contribution in [2.24, 2.45) is 5.41 Å². The number of hydrogen-bond donors (Lipinski definition) is 2. The van der Waals surface area contributed by atoms with Crippen molar-refractivity contribution in [3.63, 3.8) is 0 Å². The van der Waals surface area contributed by atoms with Crippen molar-refractivity contribution < 1.29 is 36.6 Å². The summed E-state index contributed by atoms with van der Waals surface area (Å²) in [6.07, 6.45) is 4.12. The van der Waals surface area contributed by atoms with E-state index < -0.39 is 18.4 Å². The molecule has 234 valence electrons. The molecule has 1 aliphatic carbocycles. The molecule has 0 bridgehead atoms. The van der Waals surface area contributed by atoms with Crippen LogP contribution >= 0.6 is 9.24 Å². The molecule has 0 aliphatic heterocycles. The number of carbonyl (C=O) groups is 1. The molecular formula is C31H33F4N4O4P. The number of hydrogen-bond acceptors (Lipinski definition) is 6.